The molecule has 0 bridgehead atoms. The van der Waals surface area contributed by atoms with Crippen molar-refractivity contribution < 1.29 is 33.8 Å². The second-order valence-corrected chi connectivity index (χ2v) is 17.1. The highest BCUT2D eigenvalue weighted by Gasteiger charge is 2.75. The van der Waals surface area contributed by atoms with Crippen LogP contribution in [0.5, 0.6) is 5.75 Å². The molecule has 11 nitrogen and oxygen atoms in total. The van der Waals surface area contributed by atoms with Gasteiger partial charge in [0.2, 0.25) is 11.8 Å². The number of fused-ring (bicyclic) bond motifs is 3. The summed E-state index contributed by atoms with van der Waals surface area (Å²) in [6.45, 7) is 5.61. The van der Waals surface area contributed by atoms with Gasteiger partial charge in [-0.3, -0.25) is 19.3 Å². The lowest BCUT2D eigenvalue weighted by Crippen LogP contribution is -2.56. The van der Waals surface area contributed by atoms with Gasteiger partial charge in [-0.15, -0.1) is 6.58 Å². The van der Waals surface area contributed by atoms with Crippen molar-refractivity contribution in [2.45, 2.75) is 68.3 Å². The van der Waals surface area contributed by atoms with Crippen molar-refractivity contribution in [2.24, 2.45) is 5.92 Å². The third kappa shape index (κ3) is 7.97. The molecule has 11 heteroatoms. The highest BCUT2D eigenvalue weighted by molar-refractivity contribution is 6.24. The minimum Gasteiger partial charge on any atom is -0.491 e. The van der Waals surface area contributed by atoms with Gasteiger partial charge in [0.15, 0.2) is 0 Å². The summed E-state index contributed by atoms with van der Waals surface area (Å²) in [7, 11) is 0. The molecule has 0 saturated carbocycles. The predicted octanol–water partition coefficient (Wildman–Crippen LogP) is 8.35. The Morgan fingerprint density at radius 1 is 0.879 bits per heavy atom. The average Bonchev–Trinajstić information content (AvgIpc) is 3.82. The monoisotopic (exact) mass is 880 g/mol. The number of hydrogen-bond acceptors (Lipinski definition) is 8. The number of carbonyl (C=O) groups is 4. The van der Waals surface area contributed by atoms with Gasteiger partial charge < -0.3 is 25.2 Å². The van der Waals surface area contributed by atoms with Crippen molar-refractivity contribution in [3.05, 3.63) is 191 Å². The van der Waals surface area contributed by atoms with E-state index in [0.717, 1.165) is 52.8 Å². The Balaban J connectivity index is 1.33. The molecule has 1 spiro atoms. The van der Waals surface area contributed by atoms with Crippen LogP contribution in [0.4, 0.5) is 10.5 Å². The fraction of sp³-hybridized carbons (Fsp3) is 0.273. The largest absolute Gasteiger partial charge is 0.491 e. The summed E-state index contributed by atoms with van der Waals surface area (Å²) in [6, 6.07) is 36.7. The zero-order valence-corrected chi connectivity index (χ0v) is 36.8. The molecule has 5 aromatic carbocycles. The van der Waals surface area contributed by atoms with Crippen LogP contribution >= 0.6 is 0 Å². The normalized spacial score (nSPS) is 23.6. The van der Waals surface area contributed by atoms with Crippen LogP contribution in [-0.2, 0) is 24.5 Å². The third-order valence-corrected chi connectivity index (χ3v) is 13.2. The maximum absolute atomic E-state index is 16.5. The Morgan fingerprint density at radius 3 is 2.24 bits per heavy atom. The Kier molecular flexibility index (Phi) is 12.7. The van der Waals surface area contributed by atoms with E-state index in [1.807, 2.05) is 121 Å². The molecule has 0 aromatic heterocycles. The number of aliphatic hydroxyl groups is 1. The minimum absolute atomic E-state index is 0.0456. The fourth-order valence-corrected chi connectivity index (χ4v) is 10.4. The van der Waals surface area contributed by atoms with Crippen molar-refractivity contribution in [3.8, 4) is 17.6 Å². The number of morpholine rings is 1. The molecule has 66 heavy (non-hydrogen) atoms. The number of esters is 1. The van der Waals surface area contributed by atoms with E-state index in [9.17, 15) is 5.11 Å². The van der Waals surface area contributed by atoms with Crippen LogP contribution in [-0.4, -0.2) is 59.6 Å². The fourth-order valence-electron chi connectivity index (χ4n) is 10.4. The molecule has 4 aliphatic rings. The number of hydrogen-bond donors (Lipinski definition) is 3. The molecule has 0 unspecified atom stereocenters. The number of imide groups is 1. The molecule has 9 rings (SSSR count). The SMILES string of the molecule is C=CCNC(=O)[C@H]1[C@@H]2C(=O)O[C@@H](c3ccccc3)[C@@H](c3ccccc3)N2[C@@H](c2ccc(OCCO)cc2)[C@]12C(=O)N(C(=O)N[C@H](C)c1ccccc1)c1ccc(C#CC3=CCCCC3)cc12. The van der Waals surface area contributed by atoms with E-state index >= 15 is 19.2 Å². The Bertz CT molecular complexity index is 2710. The number of cyclic esters (lactones) is 1. The summed E-state index contributed by atoms with van der Waals surface area (Å²) in [6.07, 6.45) is 6.79. The standard InChI is InChI=1S/C55H52N4O7/c1-3-32-56-51(61)46-48-52(62)66-49(41-22-14-7-15-23-41)47(40-20-12-6-13-21-40)59(48)50(42-27-29-43(30-28-42)65-34-33-60)55(46)44-35-38(25-24-37-16-8-4-9-17-37)26-31-45(44)58(53(55)63)54(64)57-36(2)39-18-10-5-11-19-39/h3,5-7,10-16,18-23,26-31,35-36,46-50,60H,1,4,8-9,17,32-34H2,2H3,(H,56,61)(H,57,64)/t36-,46-,47-,48-,49+,50+,55-/m1/s1. The van der Waals surface area contributed by atoms with E-state index in [-0.39, 0.29) is 25.4 Å². The van der Waals surface area contributed by atoms with Gasteiger partial charge >= 0.3 is 12.0 Å². The Morgan fingerprint density at radius 2 is 1.58 bits per heavy atom. The maximum Gasteiger partial charge on any atom is 0.329 e. The molecule has 3 aliphatic heterocycles. The highest BCUT2D eigenvalue weighted by Crippen LogP contribution is 2.66. The number of carbonyl (C=O) groups excluding carboxylic acids is 4. The van der Waals surface area contributed by atoms with Gasteiger partial charge in [0.25, 0.3) is 0 Å². The van der Waals surface area contributed by atoms with Crippen molar-refractivity contribution in [1.29, 1.82) is 0 Å². The zero-order valence-electron chi connectivity index (χ0n) is 36.8. The van der Waals surface area contributed by atoms with E-state index in [1.54, 1.807) is 30.3 Å². The summed E-state index contributed by atoms with van der Waals surface area (Å²) < 4.78 is 12.4. The van der Waals surface area contributed by atoms with E-state index in [0.29, 0.717) is 22.4 Å². The molecule has 2 saturated heterocycles. The number of anilines is 1. The molecular formula is C55H52N4O7. The van der Waals surface area contributed by atoms with Crippen molar-refractivity contribution in [1.82, 2.24) is 15.5 Å². The lowest BCUT2D eigenvalue weighted by Gasteiger charge is -2.46. The number of amides is 4. The van der Waals surface area contributed by atoms with Crippen molar-refractivity contribution >= 4 is 29.5 Å². The maximum atomic E-state index is 16.5. The lowest BCUT2D eigenvalue weighted by molar-refractivity contribution is -0.178. The predicted molar refractivity (Wildman–Crippen MR) is 251 cm³/mol. The van der Waals surface area contributed by atoms with Gasteiger partial charge in [-0.05, 0) is 96.3 Å². The van der Waals surface area contributed by atoms with E-state index < -0.39 is 65.4 Å². The van der Waals surface area contributed by atoms with Crippen LogP contribution < -0.4 is 20.3 Å². The van der Waals surface area contributed by atoms with Gasteiger partial charge in [0.1, 0.15) is 29.9 Å². The summed E-state index contributed by atoms with van der Waals surface area (Å²) in [5, 5.41) is 15.6. The van der Waals surface area contributed by atoms with Crippen LogP contribution in [0.3, 0.4) is 0 Å². The Labute approximate surface area is 385 Å². The van der Waals surface area contributed by atoms with E-state index in [4.69, 9.17) is 9.47 Å². The minimum atomic E-state index is -1.94. The molecule has 4 amide bonds. The number of nitrogens with zero attached hydrogens (tertiary/aromatic N) is 2. The second kappa shape index (κ2) is 19.1. The molecule has 3 heterocycles. The summed E-state index contributed by atoms with van der Waals surface area (Å²) >= 11 is 0. The van der Waals surface area contributed by atoms with Crippen molar-refractivity contribution in [3.63, 3.8) is 0 Å². The summed E-state index contributed by atoms with van der Waals surface area (Å²) in [5.41, 5.74) is 3.26. The van der Waals surface area contributed by atoms with Crippen LogP contribution in [0, 0.1) is 17.8 Å². The van der Waals surface area contributed by atoms with Crippen LogP contribution in [0.25, 0.3) is 0 Å². The number of urea groups is 1. The van der Waals surface area contributed by atoms with Gasteiger partial charge in [-0.2, -0.15) is 0 Å². The summed E-state index contributed by atoms with van der Waals surface area (Å²) in [4.78, 5) is 65.2. The first-order chi connectivity index (χ1) is 32.3. The van der Waals surface area contributed by atoms with Crippen LogP contribution in [0.15, 0.2) is 158 Å². The number of aliphatic hydroxyl groups excluding tert-OH is 1. The Hall–Kier alpha value is -7.26. The van der Waals surface area contributed by atoms with Crippen LogP contribution in [0.2, 0.25) is 0 Å². The smallest absolute Gasteiger partial charge is 0.329 e. The van der Waals surface area contributed by atoms with Crippen LogP contribution in [0.1, 0.15) is 90.2 Å². The third-order valence-electron chi connectivity index (χ3n) is 13.2. The number of benzene rings is 5. The number of allylic oxidation sites excluding steroid dienone is 2. The summed E-state index contributed by atoms with van der Waals surface area (Å²) in [5.74, 6) is 3.80. The zero-order chi connectivity index (χ0) is 45.8. The first-order valence-corrected chi connectivity index (χ1v) is 22.6. The molecule has 2 fully saturated rings. The van der Waals surface area contributed by atoms with E-state index in [2.05, 4.69) is 35.1 Å². The molecule has 1 aliphatic carbocycles. The lowest BCUT2D eigenvalue weighted by atomic mass is 9.65. The van der Waals surface area contributed by atoms with Gasteiger partial charge in [0.05, 0.1) is 36.3 Å². The van der Waals surface area contributed by atoms with E-state index in [1.165, 1.54) is 0 Å². The molecule has 7 atom stereocenters. The molecular weight excluding hydrogens is 829 g/mol. The van der Waals surface area contributed by atoms with Gasteiger partial charge in [0, 0.05) is 12.1 Å². The topological polar surface area (TPSA) is 138 Å². The first kappa shape index (κ1) is 44.0. The molecule has 5 aromatic rings. The first-order valence-electron chi connectivity index (χ1n) is 22.6. The quantitative estimate of drug-likeness (QED) is 0.0685. The molecule has 334 valence electrons. The molecule has 3 N–H and O–H groups in total. The second-order valence-electron chi connectivity index (χ2n) is 17.1. The average molecular weight is 881 g/mol. The molecule has 0 radical (unpaired) electrons. The highest BCUT2D eigenvalue weighted by atomic mass is 16.6. The van der Waals surface area contributed by atoms with Gasteiger partial charge in [-0.1, -0.05) is 127 Å². The number of nitrogens with one attached hydrogen (secondary N) is 2. The number of ether oxygens (including phenoxy) is 2. The van der Waals surface area contributed by atoms with Gasteiger partial charge in [-0.25, -0.2) is 9.69 Å². The van der Waals surface area contributed by atoms with Crippen molar-refractivity contribution in [2.75, 3.05) is 24.7 Å². The number of rotatable bonds is 11.